The van der Waals surface area contributed by atoms with E-state index in [0.29, 0.717) is 6.54 Å². The average molecular weight is 274 g/mol. The topological polar surface area (TPSA) is 21.3 Å². The molecule has 0 radical (unpaired) electrons. The molecular formula is C16H16ClNO. The maximum Gasteiger partial charge on any atom is 0.150 e. The van der Waals surface area contributed by atoms with Gasteiger partial charge in [0.15, 0.2) is 5.75 Å². The van der Waals surface area contributed by atoms with Crippen LogP contribution < -0.4 is 10.1 Å². The van der Waals surface area contributed by atoms with Crippen LogP contribution in [0, 0.1) is 0 Å². The normalized spacial score (nSPS) is 11.2. The maximum absolute atomic E-state index is 5.86. The van der Waals surface area contributed by atoms with Crippen LogP contribution in [0.4, 0.5) is 5.69 Å². The van der Waals surface area contributed by atoms with Gasteiger partial charge in [-0.05, 0) is 36.8 Å². The molecule has 2 rings (SSSR count). The molecule has 1 N–H and O–H groups in total. The molecule has 0 aliphatic rings. The van der Waals surface area contributed by atoms with Gasteiger partial charge in [0.25, 0.3) is 0 Å². The molecule has 2 aromatic rings. The first-order chi connectivity index (χ1) is 9.29. The number of ether oxygens (including phenoxy) is 1. The van der Waals surface area contributed by atoms with Crippen LogP contribution in [0.2, 0.25) is 0 Å². The zero-order valence-corrected chi connectivity index (χ0v) is 11.5. The van der Waals surface area contributed by atoms with Gasteiger partial charge in [-0.3, -0.25) is 0 Å². The fourth-order valence-corrected chi connectivity index (χ4v) is 1.67. The Balaban J connectivity index is 2.12. The van der Waals surface area contributed by atoms with Crippen molar-refractivity contribution in [3.63, 3.8) is 0 Å². The Hall–Kier alpha value is -1.93. The van der Waals surface area contributed by atoms with Crippen LogP contribution in [0.3, 0.4) is 0 Å². The number of hydrogen-bond donors (Lipinski definition) is 1. The van der Waals surface area contributed by atoms with Crippen molar-refractivity contribution in [2.45, 2.75) is 6.92 Å². The summed E-state index contributed by atoms with van der Waals surface area (Å²) in [7, 11) is 0. The summed E-state index contributed by atoms with van der Waals surface area (Å²) >= 11 is 5.65. The van der Waals surface area contributed by atoms with Gasteiger partial charge in [0.05, 0.1) is 5.69 Å². The SMILES string of the molecule is C/C(=C/Cl)CNc1ccccc1Oc1ccccc1. The molecule has 0 aliphatic carbocycles. The Morgan fingerprint density at radius 1 is 1.11 bits per heavy atom. The summed E-state index contributed by atoms with van der Waals surface area (Å²) in [5.74, 6) is 1.62. The number of halogens is 1. The minimum Gasteiger partial charge on any atom is -0.455 e. The van der Waals surface area contributed by atoms with Crippen molar-refractivity contribution in [1.82, 2.24) is 0 Å². The van der Waals surface area contributed by atoms with Gasteiger partial charge in [-0.25, -0.2) is 0 Å². The third-order valence-corrected chi connectivity index (χ3v) is 2.97. The Morgan fingerprint density at radius 3 is 2.53 bits per heavy atom. The first kappa shape index (κ1) is 13.5. The first-order valence-electron chi connectivity index (χ1n) is 6.11. The van der Waals surface area contributed by atoms with Crippen molar-refractivity contribution in [2.24, 2.45) is 0 Å². The minimum atomic E-state index is 0.693. The molecular weight excluding hydrogens is 258 g/mol. The van der Waals surface area contributed by atoms with Crippen molar-refractivity contribution in [3.05, 3.63) is 65.7 Å². The van der Waals surface area contributed by atoms with Crippen molar-refractivity contribution in [2.75, 3.05) is 11.9 Å². The molecule has 0 bridgehead atoms. The van der Waals surface area contributed by atoms with Crippen molar-refractivity contribution < 1.29 is 4.74 Å². The highest BCUT2D eigenvalue weighted by atomic mass is 35.5. The molecule has 0 unspecified atom stereocenters. The van der Waals surface area contributed by atoms with E-state index in [2.05, 4.69) is 5.32 Å². The number of anilines is 1. The van der Waals surface area contributed by atoms with Crippen LogP contribution in [-0.2, 0) is 0 Å². The van der Waals surface area contributed by atoms with E-state index < -0.39 is 0 Å². The molecule has 0 spiro atoms. The molecule has 98 valence electrons. The number of nitrogens with one attached hydrogen (secondary N) is 1. The molecule has 0 heterocycles. The van der Waals surface area contributed by atoms with Gasteiger partial charge >= 0.3 is 0 Å². The van der Waals surface area contributed by atoms with Crippen molar-refractivity contribution in [3.8, 4) is 11.5 Å². The Bertz CT molecular complexity index is 552. The summed E-state index contributed by atoms with van der Waals surface area (Å²) in [5.41, 5.74) is 3.59. The van der Waals surface area contributed by atoms with Crippen LogP contribution in [-0.4, -0.2) is 6.54 Å². The van der Waals surface area contributed by atoms with Gasteiger partial charge in [0.1, 0.15) is 5.75 Å². The monoisotopic (exact) mass is 273 g/mol. The summed E-state index contributed by atoms with van der Waals surface area (Å²) in [6.07, 6.45) is 0. The van der Waals surface area contributed by atoms with Crippen molar-refractivity contribution >= 4 is 17.3 Å². The average Bonchev–Trinajstić information content (AvgIpc) is 2.47. The summed E-state index contributed by atoms with van der Waals surface area (Å²) < 4.78 is 5.86. The van der Waals surface area contributed by atoms with E-state index in [9.17, 15) is 0 Å². The lowest BCUT2D eigenvalue weighted by Crippen LogP contribution is -2.03. The lowest BCUT2D eigenvalue weighted by Gasteiger charge is -2.12. The van der Waals surface area contributed by atoms with Crippen LogP contribution >= 0.6 is 11.6 Å². The molecule has 19 heavy (non-hydrogen) atoms. The van der Waals surface area contributed by atoms with Gasteiger partial charge in [0.2, 0.25) is 0 Å². The quantitative estimate of drug-likeness (QED) is 0.825. The predicted octanol–water partition coefficient (Wildman–Crippen LogP) is 5.03. The predicted molar refractivity (Wildman–Crippen MR) is 81.1 cm³/mol. The van der Waals surface area contributed by atoms with Gasteiger partial charge < -0.3 is 10.1 Å². The Morgan fingerprint density at radius 2 is 1.79 bits per heavy atom. The minimum absolute atomic E-state index is 0.693. The summed E-state index contributed by atoms with van der Waals surface area (Å²) in [6.45, 7) is 2.67. The van der Waals surface area contributed by atoms with E-state index in [4.69, 9.17) is 16.3 Å². The Labute approximate surface area is 118 Å². The summed E-state index contributed by atoms with van der Waals surface area (Å²) in [4.78, 5) is 0. The van der Waals surface area contributed by atoms with Crippen LogP contribution in [0.25, 0.3) is 0 Å². The highest BCUT2D eigenvalue weighted by Gasteiger charge is 2.03. The third-order valence-electron chi connectivity index (χ3n) is 2.60. The second-order valence-electron chi connectivity index (χ2n) is 4.22. The van der Waals surface area contributed by atoms with Gasteiger partial charge in [-0.15, -0.1) is 0 Å². The molecule has 3 heteroatoms. The molecule has 0 atom stereocenters. The number of rotatable bonds is 5. The van der Waals surface area contributed by atoms with Crippen LogP contribution in [0.5, 0.6) is 11.5 Å². The van der Waals surface area contributed by atoms with Crippen LogP contribution in [0.1, 0.15) is 6.92 Å². The zero-order valence-electron chi connectivity index (χ0n) is 10.8. The molecule has 0 saturated heterocycles. The summed E-state index contributed by atoms with van der Waals surface area (Å²) in [6, 6.07) is 17.6. The zero-order chi connectivity index (χ0) is 13.5. The molecule has 0 aromatic heterocycles. The smallest absolute Gasteiger partial charge is 0.150 e. The number of hydrogen-bond acceptors (Lipinski definition) is 2. The fraction of sp³-hybridized carbons (Fsp3) is 0.125. The maximum atomic E-state index is 5.86. The van der Waals surface area contributed by atoms with E-state index >= 15 is 0 Å². The van der Waals surface area contributed by atoms with Gasteiger partial charge in [0, 0.05) is 12.1 Å². The number of benzene rings is 2. The van der Waals surface area contributed by atoms with E-state index in [1.807, 2.05) is 61.5 Å². The first-order valence-corrected chi connectivity index (χ1v) is 6.55. The second kappa shape index (κ2) is 6.86. The lowest BCUT2D eigenvalue weighted by atomic mass is 10.2. The molecule has 0 amide bonds. The molecule has 2 aromatic carbocycles. The Kier molecular flexibility index (Phi) is 4.87. The van der Waals surface area contributed by atoms with E-state index in [-0.39, 0.29) is 0 Å². The highest BCUT2D eigenvalue weighted by Crippen LogP contribution is 2.29. The standard InChI is InChI=1S/C16H16ClNO/c1-13(11-17)12-18-15-9-5-6-10-16(15)19-14-7-3-2-4-8-14/h2-11,18H,12H2,1H3/b13-11-. The highest BCUT2D eigenvalue weighted by molar-refractivity contribution is 6.25. The van der Waals surface area contributed by atoms with Gasteiger partial charge in [-0.1, -0.05) is 41.9 Å². The third kappa shape index (κ3) is 4.04. The van der Waals surface area contributed by atoms with Crippen molar-refractivity contribution in [1.29, 1.82) is 0 Å². The molecule has 0 fully saturated rings. The lowest BCUT2D eigenvalue weighted by molar-refractivity contribution is 0.484. The van der Waals surface area contributed by atoms with Gasteiger partial charge in [-0.2, -0.15) is 0 Å². The molecule has 2 nitrogen and oxygen atoms in total. The van der Waals surface area contributed by atoms with E-state index in [1.165, 1.54) is 0 Å². The molecule has 0 saturated carbocycles. The van der Waals surface area contributed by atoms with Crippen LogP contribution in [0.15, 0.2) is 65.7 Å². The van der Waals surface area contributed by atoms with E-state index in [0.717, 1.165) is 22.8 Å². The fourth-order valence-electron chi connectivity index (χ4n) is 1.59. The largest absolute Gasteiger partial charge is 0.455 e. The second-order valence-corrected chi connectivity index (χ2v) is 4.44. The summed E-state index contributed by atoms with van der Waals surface area (Å²) in [5, 5.41) is 3.31. The van der Waals surface area contributed by atoms with E-state index in [1.54, 1.807) is 5.54 Å². The number of para-hydroxylation sites is 3. The molecule has 0 aliphatic heterocycles.